The molecule has 0 atom stereocenters. The molecule has 0 saturated heterocycles. The summed E-state index contributed by atoms with van der Waals surface area (Å²) in [6.07, 6.45) is 0. The van der Waals surface area contributed by atoms with Crippen LogP contribution in [-0.4, -0.2) is 27.6 Å². The Morgan fingerprint density at radius 3 is 1.38 bits per heavy atom. The summed E-state index contributed by atoms with van der Waals surface area (Å²) in [5, 5.41) is 7.70. The Morgan fingerprint density at radius 2 is 0.810 bits per heavy atom. The highest BCUT2D eigenvalue weighted by Crippen LogP contribution is 2.39. The van der Waals surface area contributed by atoms with Gasteiger partial charge in [-0.05, 0) is 69.6 Å². The van der Waals surface area contributed by atoms with Crippen LogP contribution in [0, 0.1) is 6.92 Å². The Labute approximate surface area is 368 Å². The summed E-state index contributed by atoms with van der Waals surface area (Å²) in [4.78, 5) is 15.5. The monoisotopic (exact) mass is 822 g/mol. The van der Waals surface area contributed by atoms with E-state index < -0.39 is 8.07 Å². The molecule has 2 aromatic heterocycles. The second-order valence-corrected chi connectivity index (χ2v) is 19.8. The number of aromatic nitrogens is 4. The van der Waals surface area contributed by atoms with Crippen LogP contribution in [0.15, 0.2) is 237 Å². The summed E-state index contributed by atoms with van der Waals surface area (Å²) in [5.74, 6) is 1.88. The van der Waals surface area contributed by atoms with Crippen LogP contribution < -0.4 is 20.7 Å². The van der Waals surface area contributed by atoms with Crippen molar-refractivity contribution in [2.24, 2.45) is 0 Å². The molecule has 0 aliphatic rings. The lowest BCUT2D eigenvalue weighted by atomic mass is 9.99. The maximum absolute atomic E-state index is 5.23. The van der Waals surface area contributed by atoms with Crippen LogP contribution in [-0.2, 0) is 0 Å². The number of para-hydroxylation sites is 1. The van der Waals surface area contributed by atoms with Gasteiger partial charge in [0.1, 0.15) is 0 Å². The smallest absolute Gasteiger partial charge is 0.180 e. The van der Waals surface area contributed by atoms with Crippen molar-refractivity contribution in [2.45, 2.75) is 6.92 Å². The third kappa shape index (κ3) is 6.67. The Hall–Kier alpha value is -7.99. The van der Waals surface area contributed by atoms with Crippen molar-refractivity contribution in [3.05, 3.63) is 242 Å². The van der Waals surface area contributed by atoms with E-state index in [2.05, 4.69) is 212 Å². The second kappa shape index (κ2) is 16.1. The first-order valence-electron chi connectivity index (χ1n) is 21.4. The summed E-state index contributed by atoms with van der Waals surface area (Å²) in [6.45, 7) is 2.17. The number of benzene rings is 9. The Morgan fingerprint density at radius 1 is 0.349 bits per heavy atom. The van der Waals surface area contributed by atoms with E-state index in [-0.39, 0.29) is 0 Å². The van der Waals surface area contributed by atoms with E-state index in [4.69, 9.17) is 15.0 Å². The zero-order valence-corrected chi connectivity index (χ0v) is 35.8. The summed E-state index contributed by atoms with van der Waals surface area (Å²) in [6, 6.07) is 85.3. The van der Waals surface area contributed by atoms with Gasteiger partial charge in [0.15, 0.2) is 25.5 Å². The van der Waals surface area contributed by atoms with Crippen molar-refractivity contribution in [3.8, 4) is 51.0 Å². The van der Waals surface area contributed by atoms with E-state index in [0.29, 0.717) is 17.5 Å². The highest BCUT2D eigenvalue weighted by atomic mass is 28.3. The summed E-state index contributed by atoms with van der Waals surface area (Å²) >= 11 is 0. The molecular weight excluding hydrogens is 781 g/mol. The zero-order valence-electron chi connectivity index (χ0n) is 34.8. The molecule has 63 heavy (non-hydrogen) atoms. The fourth-order valence-corrected chi connectivity index (χ4v) is 14.4. The lowest BCUT2D eigenvalue weighted by Gasteiger charge is -2.36. The number of nitrogens with zero attached hydrogens (tertiary/aromatic N) is 4. The quantitative estimate of drug-likeness (QED) is 0.108. The van der Waals surface area contributed by atoms with Gasteiger partial charge >= 0.3 is 0 Å². The zero-order chi connectivity index (χ0) is 42.2. The van der Waals surface area contributed by atoms with E-state index in [9.17, 15) is 0 Å². The van der Waals surface area contributed by atoms with Crippen molar-refractivity contribution in [2.75, 3.05) is 0 Å². The fraction of sp³-hybridized carbons (Fsp3) is 0.0172. The predicted octanol–water partition coefficient (Wildman–Crippen LogP) is 11.3. The SMILES string of the molecule is Cc1ccc2c(c1)c1ccccc1n2-c1ccc(-c2nc(-c3ccccc3)nc(-c3ccccc3)n2)cc1-c1ccccc1[Si](c1ccccc1)(c1ccccc1)c1ccccc1. The number of fused-ring (bicyclic) bond motifs is 3. The van der Waals surface area contributed by atoms with E-state index in [1.54, 1.807) is 0 Å². The standard InChI is InChI=1S/C58H42N4Si/c1-41-35-37-53-50(39-41)48-31-17-19-33-52(48)62(53)54-38-36-44(58-60-56(42-21-7-2-8-22-42)59-57(61-58)43-23-9-3-10-24-43)40-51(54)49-32-18-20-34-55(49)63(45-25-11-4-12-26-45,46-27-13-5-14-28-46)47-29-15-6-16-30-47/h2-40H,1H3. The molecule has 0 amide bonds. The van der Waals surface area contributed by atoms with Gasteiger partial charge in [-0.15, -0.1) is 0 Å². The molecule has 0 aliphatic carbocycles. The molecule has 0 saturated carbocycles. The van der Waals surface area contributed by atoms with E-state index in [1.807, 2.05) is 36.4 Å². The molecule has 0 spiro atoms. The second-order valence-electron chi connectivity index (χ2n) is 16.0. The van der Waals surface area contributed by atoms with Crippen molar-refractivity contribution < 1.29 is 0 Å². The first-order chi connectivity index (χ1) is 31.2. The molecule has 0 bridgehead atoms. The minimum Gasteiger partial charge on any atom is -0.309 e. The van der Waals surface area contributed by atoms with Gasteiger partial charge < -0.3 is 4.57 Å². The number of rotatable bonds is 9. The lowest BCUT2D eigenvalue weighted by molar-refractivity contribution is 1.07. The Balaban J connectivity index is 1.26. The minimum absolute atomic E-state index is 0.614. The van der Waals surface area contributed by atoms with E-state index in [0.717, 1.165) is 44.5 Å². The van der Waals surface area contributed by atoms with Gasteiger partial charge in [0.2, 0.25) is 0 Å². The van der Waals surface area contributed by atoms with Crippen LogP contribution in [0.25, 0.3) is 72.8 Å². The van der Waals surface area contributed by atoms with Gasteiger partial charge in [0, 0.05) is 33.0 Å². The van der Waals surface area contributed by atoms with Crippen molar-refractivity contribution in [1.82, 2.24) is 19.5 Å². The molecule has 0 N–H and O–H groups in total. The first-order valence-corrected chi connectivity index (χ1v) is 23.4. The van der Waals surface area contributed by atoms with Crippen LogP contribution in [0.1, 0.15) is 5.56 Å². The summed E-state index contributed by atoms with van der Waals surface area (Å²) in [7, 11) is -3.00. The summed E-state index contributed by atoms with van der Waals surface area (Å²) in [5.41, 5.74) is 9.65. The topological polar surface area (TPSA) is 43.6 Å². The Kier molecular flexibility index (Phi) is 9.72. The van der Waals surface area contributed by atoms with Crippen molar-refractivity contribution in [1.29, 1.82) is 0 Å². The third-order valence-corrected chi connectivity index (χ3v) is 17.1. The Bertz CT molecular complexity index is 3230. The fourth-order valence-electron chi connectivity index (χ4n) is 9.45. The van der Waals surface area contributed by atoms with Crippen LogP contribution in [0.2, 0.25) is 0 Å². The van der Waals surface area contributed by atoms with Gasteiger partial charge in [-0.3, -0.25) is 0 Å². The lowest BCUT2D eigenvalue weighted by Crippen LogP contribution is -2.75. The molecule has 298 valence electrons. The molecule has 11 aromatic rings. The van der Waals surface area contributed by atoms with Crippen LogP contribution in [0.3, 0.4) is 0 Å². The normalized spacial score (nSPS) is 11.6. The molecule has 0 unspecified atom stereocenters. The minimum atomic E-state index is -3.00. The molecule has 0 fully saturated rings. The van der Waals surface area contributed by atoms with Gasteiger partial charge in [0.25, 0.3) is 0 Å². The van der Waals surface area contributed by atoms with Crippen molar-refractivity contribution in [3.63, 3.8) is 0 Å². The largest absolute Gasteiger partial charge is 0.309 e. The van der Waals surface area contributed by atoms with Crippen molar-refractivity contribution >= 4 is 50.6 Å². The first kappa shape index (κ1) is 38.0. The molecular formula is C58H42N4Si. The molecule has 2 heterocycles. The number of aryl methyl sites for hydroxylation is 1. The van der Waals surface area contributed by atoms with E-state index in [1.165, 1.54) is 37.1 Å². The van der Waals surface area contributed by atoms with Crippen LogP contribution in [0.5, 0.6) is 0 Å². The molecule has 4 nitrogen and oxygen atoms in total. The average molecular weight is 823 g/mol. The molecule has 11 rings (SSSR count). The van der Waals surface area contributed by atoms with Crippen LogP contribution in [0.4, 0.5) is 0 Å². The molecule has 0 radical (unpaired) electrons. The summed E-state index contributed by atoms with van der Waals surface area (Å²) < 4.78 is 2.45. The van der Waals surface area contributed by atoms with Gasteiger partial charge in [-0.2, -0.15) is 0 Å². The van der Waals surface area contributed by atoms with Gasteiger partial charge in [-0.1, -0.05) is 206 Å². The van der Waals surface area contributed by atoms with E-state index >= 15 is 0 Å². The molecule has 5 heteroatoms. The third-order valence-electron chi connectivity index (χ3n) is 12.3. The van der Waals surface area contributed by atoms with Gasteiger partial charge in [-0.25, -0.2) is 15.0 Å². The highest BCUT2D eigenvalue weighted by molar-refractivity contribution is 7.20. The molecule has 0 aliphatic heterocycles. The highest BCUT2D eigenvalue weighted by Gasteiger charge is 2.43. The van der Waals surface area contributed by atoms with Gasteiger partial charge in [0.05, 0.1) is 16.7 Å². The number of hydrogen-bond acceptors (Lipinski definition) is 3. The average Bonchev–Trinajstić information content (AvgIpc) is 3.69. The maximum Gasteiger partial charge on any atom is 0.180 e. The maximum atomic E-state index is 5.23. The molecule has 9 aromatic carbocycles. The van der Waals surface area contributed by atoms with Crippen LogP contribution >= 0.6 is 0 Å². The predicted molar refractivity (Wildman–Crippen MR) is 264 cm³/mol. The number of hydrogen-bond donors (Lipinski definition) is 0.